The summed E-state index contributed by atoms with van der Waals surface area (Å²) in [5.41, 5.74) is -3.37. The fraction of sp³-hybridized carbons (Fsp3) is 0.474. The number of aliphatic hydroxyl groups is 1. The largest absolute Gasteiger partial charge is 0.481 e. The zero-order valence-electron chi connectivity index (χ0n) is 15.9. The summed E-state index contributed by atoms with van der Waals surface area (Å²) in [5, 5.41) is 19.0. The van der Waals surface area contributed by atoms with Crippen molar-refractivity contribution in [3.05, 3.63) is 42.1 Å². The Morgan fingerprint density at radius 3 is 2.33 bits per heavy atom. The molecule has 2 rings (SSSR count). The third-order valence-corrected chi connectivity index (χ3v) is 7.16. The molecule has 11 heteroatoms. The van der Waals surface area contributed by atoms with Crippen molar-refractivity contribution in [1.82, 2.24) is 4.37 Å². The Bertz CT molecular complexity index is 945. The second-order valence-electron chi connectivity index (χ2n) is 6.91. The van der Waals surface area contributed by atoms with Crippen LogP contribution in [0.3, 0.4) is 0 Å². The lowest BCUT2D eigenvalue weighted by Gasteiger charge is -2.28. The van der Waals surface area contributed by atoms with Gasteiger partial charge in [-0.2, -0.15) is 17.5 Å². The van der Waals surface area contributed by atoms with E-state index in [-0.39, 0.29) is 18.6 Å². The number of hydrogen-bond acceptors (Lipinski definition) is 6. The highest BCUT2D eigenvalue weighted by molar-refractivity contribution is 7.91. The fourth-order valence-corrected chi connectivity index (χ4v) is 5.06. The van der Waals surface area contributed by atoms with Gasteiger partial charge in [-0.3, -0.25) is 4.79 Å². The molecule has 0 radical (unpaired) electrons. The van der Waals surface area contributed by atoms with Gasteiger partial charge in [-0.05, 0) is 36.0 Å². The monoisotopic (exact) mass is 465 g/mol. The second-order valence-corrected chi connectivity index (χ2v) is 10.0. The number of benzene rings is 1. The average molecular weight is 466 g/mol. The molecule has 1 aromatic heterocycles. The second kappa shape index (κ2) is 9.88. The lowest BCUT2D eigenvalue weighted by atomic mass is 9.95. The smallest absolute Gasteiger partial charge is 0.423 e. The highest BCUT2D eigenvalue weighted by Gasteiger charge is 2.56. The van der Waals surface area contributed by atoms with E-state index in [4.69, 9.17) is 5.11 Å². The molecule has 1 atom stereocenters. The van der Waals surface area contributed by atoms with Crippen molar-refractivity contribution in [2.24, 2.45) is 0 Å². The number of unbranched alkanes of at least 4 members (excludes halogenated alkanes) is 2. The Morgan fingerprint density at radius 1 is 1.07 bits per heavy atom. The molecule has 0 aliphatic rings. The Balaban J connectivity index is 2.09. The van der Waals surface area contributed by atoms with Gasteiger partial charge in [0, 0.05) is 12.8 Å². The van der Waals surface area contributed by atoms with Crippen LogP contribution in [0.1, 0.15) is 37.8 Å². The minimum atomic E-state index is -5.11. The molecule has 6 nitrogen and oxygen atoms in total. The van der Waals surface area contributed by atoms with E-state index in [0.717, 1.165) is 17.6 Å². The first kappa shape index (κ1) is 24.3. The standard InChI is InChI=1S/C19H22F3NO5S2/c20-19(21,22)18(26,10-12-30(27,28)11-6-2-5-9-17(24)25)16-13-15(29-23-16)14-7-3-1-4-8-14/h1,3-4,7-8,13,26H,2,5-6,9-12H2,(H,24,25). The normalized spacial score (nSPS) is 14.4. The summed E-state index contributed by atoms with van der Waals surface area (Å²) in [6.45, 7) is 0. The highest BCUT2D eigenvalue weighted by Crippen LogP contribution is 2.43. The number of nitrogens with zero attached hydrogens (tertiary/aromatic N) is 1. The number of hydrogen-bond donors (Lipinski definition) is 2. The number of halogens is 3. The molecule has 2 N–H and O–H groups in total. The molecule has 0 saturated carbocycles. The summed E-state index contributed by atoms with van der Waals surface area (Å²) in [4.78, 5) is 10.9. The SMILES string of the molecule is O=C(O)CCCCCS(=O)(=O)CCC(O)(c1cc(-c2ccccc2)sn1)C(F)(F)F. The van der Waals surface area contributed by atoms with E-state index in [1.54, 1.807) is 30.3 Å². The molecule has 1 unspecified atom stereocenters. The number of sulfone groups is 1. The maximum atomic E-state index is 13.7. The van der Waals surface area contributed by atoms with E-state index in [9.17, 15) is 31.5 Å². The number of carboxylic acid groups (broad SMARTS) is 1. The van der Waals surface area contributed by atoms with Crippen molar-refractivity contribution in [3.63, 3.8) is 0 Å². The molecule has 166 valence electrons. The topological polar surface area (TPSA) is 105 Å². The van der Waals surface area contributed by atoms with Gasteiger partial charge in [-0.25, -0.2) is 8.42 Å². The molecule has 1 aromatic carbocycles. The number of carbonyl (C=O) groups is 1. The minimum absolute atomic E-state index is 0.0958. The highest BCUT2D eigenvalue weighted by atomic mass is 32.2. The predicted octanol–water partition coefficient (Wildman–Crippen LogP) is 4.01. The van der Waals surface area contributed by atoms with Crippen molar-refractivity contribution in [2.75, 3.05) is 11.5 Å². The zero-order valence-corrected chi connectivity index (χ0v) is 17.6. The maximum absolute atomic E-state index is 13.7. The van der Waals surface area contributed by atoms with Crippen molar-refractivity contribution >= 4 is 27.3 Å². The summed E-state index contributed by atoms with van der Waals surface area (Å²) >= 11 is 0.793. The molecule has 0 aliphatic heterocycles. The predicted molar refractivity (Wildman–Crippen MR) is 107 cm³/mol. The van der Waals surface area contributed by atoms with Crippen LogP contribution in [-0.4, -0.2) is 46.7 Å². The van der Waals surface area contributed by atoms with Gasteiger partial charge in [-0.15, -0.1) is 0 Å². The molecule has 1 heterocycles. The van der Waals surface area contributed by atoms with Crippen LogP contribution in [0.25, 0.3) is 10.4 Å². The Labute approximate surface area is 176 Å². The molecular weight excluding hydrogens is 443 g/mol. The van der Waals surface area contributed by atoms with Gasteiger partial charge in [0.1, 0.15) is 9.84 Å². The van der Waals surface area contributed by atoms with Gasteiger partial charge in [0.15, 0.2) is 0 Å². The third kappa shape index (κ3) is 6.51. The number of carboxylic acids is 1. The van der Waals surface area contributed by atoms with Crippen LogP contribution in [0.15, 0.2) is 36.4 Å². The lowest BCUT2D eigenvalue weighted by Crippen LogP contribution is -2.44. The van der Waals surface area contributed by atoms with Gasteiger partial charge in [0.05, 0.1) is 22.1 Å². The van der Waals surface area contributed by atoms with Crippen LogP contribution < -0.4 is 0 Å². The molecule has 0 fully saturated rings. The third-order valence-electron chi connectivity index (χ3n) is 4.58. The average Bonchev–Trinajstić information content (AvgIpc) is 3.16. The molecule has 0 spiro atoms. The van der Waals surface area contributed by atoms with Crippen LogP contribution in [0.5, 0.6) is 0 Å². The van der Waals surface area contributed by atoms with Crippen LogP contribution in [0.4, 0.5) is 13.2 Å². The van der Waals surface area contributed by atoms with Crippen molar-refractivity contribution < 1.29 is 36.6 Å². The molecule has 0 aliphatic carbocycles. The van der Waals surface area contributed by atoms with Crippen LogP contribution in [0.2, 0.25) is 0 Å². The van der Waals surface area contributed by atoms with Gasteiger partial charge >= 0.3 is 12.1 Å². The maximum Gasteiger partial charge on any atom is 0.423 e. The van der Waals surface area contributed by atoms with Crippen LogP contribution >= 0.6 is 11.5 Å². The summed E-state index contributed by atoms with van der Waals surface area (Å²) in [6, 6.07) is 9.70. The number of aromatic nitrogens is 1. The van der Waals surface area contributed by atoms with E-state index in [0.29, 0.717) is 23.3 Å². The lowest BCUT2D eigenvalue weighted by molar-refractivity contribution is -0.268. The van der Waals surface area contributed by atoms with Gasteiger partial charge < -0.3 is 10.2 Å². The Kier molecular flexibility index (Phi) is 8.00. The number of aliphatic carboxylic acids is 1. The molecule has 2 aromatic rings. The summed E-state index contributed by atoms with van der Waals surface area (Å²) < 4.78 is 69.1. The quantitative estimate of drug-likeness (QED) is 0.486. The van der Waals surface area contributed by atoms with Gasteiger partial charge in [-0.1, -0.05) is 36.8 Å². The molecule has 30 heavy (non-hydrogen) atoms. The van der Waals surface area contributed by atoms with Crippen molar-refractivity contribution in [3.8, 4) is 10.4 Å². The summed E-state index contributed by atoms with van der Waals surface area (Å²) in [5.74, 6) is -2.22. The Hall–Kier alpha value is -1.98. The zero-order chi connectivity index (χ0) is 22.4. The first-order valence-electron chi connectivity index (χ1n) is 9.18. The van der Waals surface area contributed by atoms with E-state index in [1.807, 2.05) is 0 Å². The van der Waals surface area contributed by atoms with E-state index >= 15 is 0 Å². The van der Waals surface area contributed by atoms with Crippen LogP contribution in [0, 0.1) is 0 Å². The number of alkyl halides is 3. The minimum Gasteiger partial charge on any atom is -0.481 e. The van der Waals surface area contributed by atoms with Crippen molar-refractivity contribution in [2.45, 2.75) is 43.9 Å². The number of rotatable bonds is 11. The van der Waals surface area contributed by atoms with E-state index < -0.39 is 45.5 Å². The fourth-order valence-electron chi connectivity index (χ4n) is 2.80. The van der Waals surface area contributed by atoms with Crippen molar-refractivity contribution in [1.29, 1.82) is 0 Å². The Morgan fingerprint density at radius 2 is 1.73 bits per heavy atom. The molecule has 0 amide bonds. The molecule has 0 bridgehead atoms. The van der Waals surface area contributed by atoms with E-state index in [2.05, 4.69) is 4.37 Å². The molecular formula is C19H22F3NO5S2. The van der Waals surface area contributed by atoms with Crippen LogP contribution in [-0.2, 0) is 20.2 Å². The first-order chi connectivity index (χ1) is 13.9. The van der Waals surface area contributed by atoms with Gasteiger partial charge in [0.25, 0.3) is 0 Å². The summed E-state index contributed by atoms with van der Waals surface area (Å²) in [6.07, 6.45) is -5.49. The van der Waals surface area contributed by atoms with E-state index in [1.165, 1.54) is 0 Å². The molecule has 0 saturated heterocycles. The first-order valence-corrected chi connectivity index (χ1v) is 11.8. The summed E-state index contributed by atoms with van der Waals surface area (Å²) in [7, 11) is -3.86. The van der Waals surface area contributed by atoms with Gasteiger partial charge in [0.2, 0.25) is 5.60 Å².